The second-order valence-electron chi connectivity index (χ2n) is 9.67. The van der Waals surface area contributed by atoms with E-state index in [0.717, 1.165) is 51.7 Å². The average molecular weight is 352 g/mol. The molecule has 1 aliphatic carbocycles. The fraction of sp³-hybridized carbons (Fsp3) is 0.950. The topological polar surface area (TPSA) is 47.0 Å². The maximum absolute atomic E-state index is 12.9. The van der Waals surface area contributed by atoms with E-state index in [0.29, 0.717) is 13.0 Å². The summed E-state index contributed by atoms with van der Waals surface area (Å²) in [5.41, 5.74) is -1.11. The van der Waals surface area contributed by atoms with Gasteiger partial charge in [-0.3, -0.25) is 14.6 Å². The van der Waals surface area contributed by atoms with Crippen LogP contribution in [0.25, 0.3) is 0 Å². The molecule has 1 amide bonds. The van der Waals surface area contributed by atoms with E-state index < -0.39 is 5.60 Å². The summed E-state index contributed by atoms with van der Waals surface area (Å²) < 4.78 is 0. The van der Waals surface area contributed by atoms with Gasteiger partial charge in [0.05, 0.1) is 0 Å². The average Bonchev–Trinajstić information content (AvgIpc) is 3.06. The van der Waals surface area contributed by atoms with Crippen LogP contribution in [0.4, 0.5) is 0 Å². The normalized spacial score (nSPS) is 31.0. The third kappa shape index (κ3) is 4.75. The Morgan fingerprint density at radius 3 is 2.28 bits per heavy atom. The van der Waals surface area contributed by atoms with Gasteiger partial charge in [0.1, 0.15) is 0 Å². The van der Waals surface area contributed by atoms with E-state index in [1.54, 1.807) is 0 Å². The second-order valence-corrected chi connectivity index (χ2v) is 9.67. The number of aliphatic hydroxyl groups is 1. The highest BCUT2D eigenvalue weighted by Gasteiger charge is 2.44. The summed E-state index contributed by atoms with van der Waals surface area (Å²) in [6.07, 6.45) is 6.97. The van der Waals surface area contributed by atoms with Crippen molar-refractivity contribution in [1.29, 1.82) is 0 Å². The summed E-state index contributed by atoms with van der Waals surface area (Å²) in [6.45, 7) is 12.6. The summed E-state index contributed by atoms with van der Waals surface area (Å²) in [5.74, 6) is -0.0492. The molecule has 5 nitrogen and oxygen atoms in total. The number of piperidine rings is 1. The molecule has 1 N–H and O–H groups in total. The predicted molar refractivity (Wildman–Crippen MR) is 100 cm³/mol. The Kier molecular flexibility index (Phi) is 5.76. The fourth-order valence-electron chi connectivity index (χ4n) is 4.86. The lowest BCUT2D eigenvalue weighted by Crippen LogP contribution is -2.61. The third-order valence-corrected chi connectivity index (χ3v) is 6.10. The van der Waals surface area contributed by atoms with Crippen molar-refractivity contribution >= 4 is 5.91 Å². The first-order valence-corrected chi connectivity index (χ1v) is 10.3. The van der Waals surface area contributed by atoms with Gasteiger partial charge in [0.25, 0.3) is 5.91 Å². The van der Waals surface area contributed by atoms with Crippen LogP contribution < -0.4 is 0 Å². The lowest BCUT2D eigenvalue weighted by Gasteiger charge is -2.45. The first kappa shape index (κ1) is 19.1. The number of hydrogen-bond acceptors (Lipinski definition) is 4. The molecule has 0 aromatic rings. The number of nitrogens with zero attached hydrogens (tertiary/aromatic N) is 3. The van der Waals surface area contributed by atoms with Crippen LogP contribution in [0, 0.1) is 5.41 Å². The molecule has 2 saturated heterocycles. The van der Waals surface area contributed by atoms with Gasteiger partial charge in [0.2, 0.25) is 0 Å². The van der Waals surface area contributed by atoms with Gasteiger partial charge < -0.3 is 10.0 Å². The first-order chi connectivity index (χ1) is 11.8. The zero-order chi connectivity index (χ0) is 18.1. The maximum atomic E-state index is 12.9. The number of hydrogen-bond donors (Lipinski definition) is 1. The number of carbonyl (C=O) groups excluding carboxylic acids is 1. The van der Waals surface area contributed by atoms with E-state index in [1.807, 2.05) is 4.90 Å². The zero-order valence-corrected chi connectivity index (χ0v) is 16.5. The van der Waals surface area contributed by atoms with Gasteiger partial charge in [-0.2, -0.15) is 0 Å². The molecule has 2 heterocycles. The summed E-state index contributed by atoms with van der Waals surface area (Å²) in [7, 11) is 0. The molecule has 0 aromatic carbocycles. The monoisotopic (exact) mass is 351 g/mol. The lowest BCUT2D eigenvalue weighted by molar-refractivity contribution is -0.161. The number of likely N-dealkylation sites (tertiary alicyclic amines) is 1. The minimum absolute atomic E-state index is 0.0492. The summed E-state index contributed by atoms with van der Waals surface area (Å²) in [5, 5.41) is 11.1. The number of rotatable bonds is 4. The molecule has 0 radical (unpaired) electrons. The molecule has 3 fully saturated rings. The number of piperazine rings is 1. The number of carbonyl (C=O) groups is 1. The van der Waals surface area contributed by atoms with E-state index in [-0.39, 0.29) is 11.3 Å². The van der Waals surface area contributed by atoms with Gasteiger partial charge >= 0.3 is 0 Å². The van der Waals surface area contributed by atoms with Gasteiger partial charge in [-0.25, -0.2) is 0 Å². The molecular weight excluding hydrogens is 314 g/mol. The number of amides is 1. The van der Waals surface area contributed by atoms with Crippen molar-refractivity contribution in [3.8, 4) is 0 Å². The van der Waals surface area contributed by atoms with Gasteiger partial charge in [-0.1, -0.05) is 33.6 Å². The second kappa shape index (κ2) is 7.53. The molecule has 3 aliphatic rings. The van der Waals surface area contributed by atoms with Gasteiger partial charge in [0.15, 0.2) is 5.60 Å². The van der Waals surface area contributed by atoms with Crippen molar-refractivity contribution in [1.82, 2.24) is 14.7 Å². The summed E-state index contributed by atoms with van der Waals surface area (Å²) in [4.78, 5) is 19.7. The molecule has 5 heteroatoms. The molecule has 2 aliphatic heterocycles. The van der Waals surface area contributed by atoms with E-state index in [4.69, 9.17) is 0 Å². The SMILES string of the molecule is CC(C)(C)CN1CCC[C@@](O)(CN2CCN(C3CCCC3)CC2)C1=O. The highest BCUT2D eigenvalue weighted by Crippen LogP contribution is 2.28. The Morgan fingerprint density at radius 2 is 1.68 bits per heavy atom. The van der Waals surface area contributed by atoms with E-state index in [9.17, 15) is 9.90 Å². The molecule has 0 aromatic heterocycles. The standard InChI is InChI=1S/C20H37N3O2/c1-19(2,3)15-23-10-6-9-20(25,18(23)24)16-21-11-13-22(14-12-21)17-7-4-5-8-17/h17,25H,4-16H2,1-3H3/t20-/m1/s1. The smallest absolute Gasteiger partial charge is 0.255 e. The highest BCUT2D eigenvalue weighted by molar-refractivity contribution is 5.86. The molecule has 25 heavy (non-hydrogen) atoms. The summed E-state index contributed by atoms with van der Waals surface area (Å²) in [6, 6.07) is 0.781. The van der Waals surface area contributed by atoms with E-state index in [2.05, 4.69) is 30.6 Å². The van der Waals surface area contributed by atoms with Gasteiger partial charge in [0, 0.05) is 51.9 Å². The van der Waals surface area contributed by atoms with Crippen LogP contribution in [0.3, 0.4) is 0 Å². The minimum Gasteiger partial charge on any atom is -0.379 e. The van der Waals surface area contributed by atoms with E-state index >= 15 is 0 Å². The van der Waals surface area contributed by atoms with Crippen LogP contribution >= 0.6 is 0 Å². The van der Waals surface area contributed by atoms with Crippen LogP contribution in [0.2, 0.25) is 0 Å². The van der Waals surface area contributed by atoms with Crippen molar-refractivity contribution in [2.45, 2.75) is 70.9 Å². The predicted octanol–water partition coefficient (Wildman–Crippen LogP) is 1.95. The van der Waals surface area contributed by atoms with Gasteiger partial charge in [-0.15, -0.1) is 0 Å². The molecule has 0 bridgehead atoms. The Labute approximate surface area is 153 Å². The molecule has 0 spiro atoms. The van der Waals surface area contributed by atoms with Crippen molar-refractivity contribution in [2.24, 2.45) is 5.41 Å². The van der Waals surface area contributed by atoms with Crippen LogP contribution in [0.15, 0.2) is 0 Å². The first-order valence-electron chi connectivity index (χ1n) is 10.3. The lowest BCUT2D eigenvalue weighted by atomic mass is 9.88. The Hall–Kier alpha value is -0.650. The van der Waals surface area contributed by atoms with Crippen LogP contribution in [-0.4, -0.2) is 83.2 Å². The number of β-amino-alcohol motifs (C(OH)–C–C–N with tert-alkyl or cyclic N) is 1. The van der Waals surface area contributed by atoms with Crippen molar-refractivity contribution < 1.29 is 9.90 Å². The molecular formula is C20H37N3O2. The Balaban J connectivity index is 1.53. The molecule has 0 unspecified atom stereocenters. The third-order valence-electron chi connectivity index (χ3n) is 6.10. The maximum Gasteiger partial charge on any atom is 0.255 e. The minimum atomic E-state index is -1.18. The van der Waals surface area contributed by atoms with Crippen molar-refractivity contribution in [3.05, 3.63) is 0 Å². The van der Waals surface area contributed by atoms with Crippen molar-refractivity contribution in [3.63, 3.8) is 0 Å². The highest BCUT2D eigenvalue weighted by atomic mass is 16.3. The Morgan fingerprint density at radius 1 is 1.04 bits per heavy atom. The summed E-state index contributed by atoms with van der Waals surface area (Å²) >= 11 is 0. The molecule has 3 rings (SSSR count). The fourth-order valence-corrected chi connectivity index (χ4v) is 4.86. The van der Waals surface area contributed by atoms with Crippen LogP contribution in [0.5, 0.6) is 0 Å². The zero-order valence-electron chi connectivity index (χ0n) is 16.5. The van der Waals surface area contributed by atoms with Crippen molar-refractivity contribution in [2.75, 3.05) is 45.8 Å². The molecule has 1 saturated carbocycles. The van der Waals surface area contributed by atoms with E-state index in [1.165, 1.54) is 25.7 Å². The quantitative estimate of drug-likeness (QED) is 0.841. The largest absolute Gasteiger partial charge is 0.379 e. The molecule has 1 atom stereocenters. The Bertz CT molecular complexity index is 462. The van der Waals surface area contributed by atoms with Gasteiger partial charge in [-0.05, 0) is 31.1 Å². The van der Waals surface area contributed by atoms with Crippen LogP contribution in [-0.2, 0) is 4.79 Å². The molecule has 144 valence electrons. The van der Waals surface area contributed by atoms with Crippen LogP contribution in [0.1, 0.15) is 59.3 Å².